The standard InChI is InChI=1S/C4H10O.B/c1-3-5-4-2;/h3-4H2,1-2H3;. The summed E-state index contributed by atoms with van der Waals surface area (Å²) in [5, 5.41) is 0. The molecule has 0 heterocycles. The fourth-order valence-corrected chi connectivity index (χ4v) is 0.204. The summed E-state index contributed by atoms with van der Waals surface area (Å²) in [6.07, 6.45) is 0. The van der Waals surface area contributed by atoms with Crippen LogP contribution < -0.4 is 0 Å². The molecule has 0 rings (SSSR count). The summed E-state index contributed by atoms with van der Waals surface area (Å²) in [4.78, 5) is 0. The molecule has 0 aromatic heterocycles. The maximum absolute atomic E-state index is 4.83. The van der Waals surface area contributed by atoms with Crippen molar-refractivity contribution >= 4 is 8.41 Å². The highest BCUT2D eigenvalue weighted by Gasteiger charge is 1.64. The van der Waals surface area contributed by atoms with Crippen LogP contribution >= 0.6 is 0 Å². The first-order chi connectivity index (χ1) is 2.41. The first-order valence-corrected chi connectivity index (χ1v) is 1.99. The summed E-state index contributed by atoms with van der Waals surface area (Å²) < 4.78 is 4.83. The third-order valence-corrected chi connectivity index (χ3v) is 0.408. The Bertz CT molecular complexity index is 15.0. The van der Waals surface area contributed by atoms with E-state index in [4.69, 9.17) is 4.74 Å². The molecule has 0 amide bonds. The molecule has 0 fully saturated rings. The van der Waals surface area contributed by atoms with E-state index in [9.17, 15) is 0 Å². The second-order valence-corrected chi connectivity index (χ2v) is 0.781. The largest absolute Gasteiger partial charge is 0.382 e. The molecule has 0 aliphatic carbocycles. The number of hydrogen-bond donors (Lipinski definition) is 0. The van der Waals surface area contributed by atoms with Gasteiger partial charge in [0.1, 0.15) is 0 Å². The normalized spacial score (nSPS) is 7.00. The lowest BCUT2D eigenvalue weighted by atomic mass is 10.8. The van der Waals surface area contributed by atoms with Crippen molar-refractivity contribution in [1.82, 2.24) is 0 Å². The first-order valence-electron chi connectivity index (χ1n) is 1.99. The fourth-order valence-electron chi connectivity index (χ4n) is 0.204. The van der Waals surface area contributed by atoms with Gasteiger partial charge in [-0.1, -0.05) is 0 Å². The molecule has 0 saturated heterocycles. The minimum Gasteiger partial charge on any atom is -0.382 e. The second kappa shape index (κ2) is 8.90. The highest BCUT2D eigenvalue weighted by Crippen LogP contribution is 1.64. The lowest BCUT2D eigenvalue weighted by Crippen LogP contribution is -1.84. The molecule has 0 unspecified atom stereocenters. The van der Waals surface area contributed by atoms with Gasteiger partial charge in [-0.05, 0) is 13.8 Å². The van der Waals surface area contributed by atoms with Crippen molar-refractivity contribution in [3.63, 3.8) is 0 Å². The van der Waals surface area contributed by atoms with Gasteiger partial charge in [0.2, 0.25) is 0 Å². The zero-order valence-electron chi connectivity index (χ0n) is 4.40. The van der Waals surface area contributed by atoms with Gasteiger partial charge >= 0.3 is 0 Å². The Morgan fingerprint density at radius 2 is 1.50 bits per heavy atom. The first kappa shape index (κ1) is 9.39. The molecule has 1 nitrogen and oxygen atoms in total. The van der Waals surface area contributed by atoms with Crippen LogP contribution in [0, 0.1) is 0 Å². The number of rotatable bonds is 2. The van der Waals surface area contributed by atoms with Crippen molar-refractivity contribution in [2.24, 2.45) is 0 Å². The quantitative estimate of drug-likeness (QED) is 0.447. The number of hydrogen-bond acceptors (Lipinski definition) is 1. The molecule has 35 valence electrons. The van der Waals surface area contributed by atoms with Gasteiger partial charge in [0.15, 0.2) is 0 Å². The van der Waals surface area contributed by atoms with Crippen molar-refractivity contribution in [3.05, 3.63) is 0 Å². The van der Waals surface area contributed by atoms with E-state index in [1.54, 1.807) is 0 Å². The molecule has 0 saturated carbocycles. The van der Waals surface area contributed by atoms with E-state index in [0.29, 0.717) is 0 Å². The molecular weight excluding hydrogens is 74.9 g/mol. The van der Waals surface area contributed by atoms with E-state index < -0.39 is 0 Å². The summed E-state index contributed by atoms with van der Waals surface area (Å²) in [5.41, 5.74) is 0. The molecule has 6 heavy (non-hydrogen) atoms. The average molecular weight is 84.9 g/mol. The summed E-state index contributed by atoms with van der Waals surface area (Å²) in [6, 6.07) is 0. The Labute approximate surface area is 41.3 Å². The molecule has 0 aliphatic heterocycles. The van der Waals surface area contributed by atoms with Crippen molar-refractivity contribution in [3.8, 4) is 0 Å². The molecule has 0 aliphatic rings. The van der Waals surface area contributed by atoms with Gasteiger partial charge in [0, 0.05) is 21.6 Å². The van der Waals surface area contributed by atoms with Gasteiger partial charge in [-0.3, -0.25) is 0 Å². The Kier molecular flexibility index (Phi) is 13.9. The Morgan fingerprint density at radius 1 is 1.17 bits per heavy atom. The topological polar surface area (TPSA) is 9.23 Å². The number of ether oxygens (including phenoxy) is 1. The van der Waals surface area contributed by atoms with E-state index in [0.717, 1.165) is 13.2 Å². The van der Waals surface area contributed by atoms with Gasteiger partial charge in [-0.15, -0.1) is 0 Å². The average Bonchev–Trinajstić information content (AvgIpc) is 1.41. The van der Waals surface area contributed by atoms with Crippen LogP contribution in [0.15, 0.2) is 0 Å². The molecule has 0 bridgehead atoms. The summed E-state index contributed by atoms with van der Waals surface area (Å²) in [6.45, 7) is 5.67. The summed E-state index contributed by atoms with van der Waals surface area (Å²) in [7, 11) is 0. The highest BCUT2D eigenvalue weighted by atomic mass is 16.5. The van der Waals surface area contributed by atoms with Gasteiger partial charge in [-0.2, -0.15) is 0 Å². The van der Waals surface area contributed by atoms with Gasteiger partial charge in [-0.25, -0.2) is 0 Å². The van der Waals surface area contributed by atoms with Crippen LogP contribution in [0.1, 0.15) is 13.8 Å². The minimum absolute atomic E-state index is 0. The smallest absolute Gasteiger partial charge is 0.0437 e. The molecule has 0 atom stereocenters. The van der Waals surface area contributed by atoms with Crippen LogP contribution in [0.25, 0.3) is 0 Å². The van der Waals surface area contributed by atoms with Gasteiger partial charge in [0.05, 0.1) is 0 Å². The van der Waals surface area contributed by atoms with Crippen LogP contribution in [0.4, 0.5) is 0 Å². The molecule has 0 aromatic carbocycles. The van der Waals surface area contributed by atoms with Crippen LogP contribution in [-0.4, -0.2) is 21.6 Å². The van der Waals surface area contributed by atoms with E-state index in [1.807, 2.05) is 13.8 Å². The summed E-state index contributed by atoms with van der Waals surface area (Å²) >= 11 is 0. The zero-order chi connectivity index (χ0) is 4.12. The Hall–Kier alpha value is 0.0249. The van der Waals surface area contributed by atoms with Crippen molar-refractivity contribution < 1.29 is 4.74 Å². The molecule has 2 heteroatoms. The highest BCUT2D eigenvalue weighted by molar-refractivity contribution is 5.75. The zero-order valence-corrected chi connectivity index (χ0v) is 4.40. The maximum atomic E-state index is 4.83. The van der Waals surface area contributed by atoms with Crippen LogP contribution in [0.5, 0.6) is 0 Å². The van der Waals surface area contributed by atoms with Crippen molar-refractivity contribution in [1.29, 1.82) is 0 Å². The molecule has 3 radical (unpaired) electrons. The third-order valence-electron chi connectivity index (χ3n) is 0.408. The SMILES string of the molecule is CCOCC.[B]. The van der Waals surface area contributed by atoms with Gasteiger partial charge in [0.25, 0.3) is 0 Å². The van der Waals surface area contributed by atoms with Crippen molar-refractivity contribution in [2.75, 3.05) is 13.2 Å². The molecule has 0 spiro atoms. The molecule has 0 N–H and O–H groups in total. The minimum atomic E-state index is 0. The molecule has 0 aromatic rings. The van der Waals surface area contributed by atoms with E-state index >= 15 is 0 Å². The summed E-state index contributed by atoms with van der Waals surface area (Å²) in [5.74, 6) is 0. The second-order valence-electron chi connectivity index (χ2n) is 0.781. The van der Waals surface area contributed by atoms with Gasteiger partial charge < -0.3 is 4.74 Å². The lowest BCUT2D eigenvalue weighted by molar-refractivity contribution is 0.162. The Morgan fingerprint density at radius 3 is 1.50 bits per heavy atom. The predicted molar refractivity (Wildman–Crippen MR) is 27.9 cm³/mol. The molecular formula is C4H10BO. The van der Waals surface area contributed by atoms with Crippen LogP contribution in [-0.2, 0) is 4.74 Å². The van der Waals surface area contributed by atoms with E-state index in [1.165, 1.54) is 0 Å². The van der Waals surface area contributed by atoms with E-state index in [-0.39, 0.29) is 8.41 Å². The third kappa shape index (κ3) is 8.98. The van der Waals surface area contributed by atoms with Crippen LogP contribution in [0.2, 0.25) is 0 Å². The maximum Gasteiger partial charge on any atom is 0.0437 e. The predicted octanol–water partition coefficient (Wildman–Crippen LogP) is 0.662. The van der Waals surface area contributed by atoms with Crippen molar-refractivity contribution in [2.45, 2.75) is 13.8 Å². The Balaban J connectivity index is 0. The monoisotopic (exact) mass is 85.1 g/mol. The van der Waals surface area contributed by atoms with Crippen LogP contribution in [0.3, 0.4) is 0 Å². The van der Waals surface area contributed by atoms with E-state index in [2.05, 4.69) is 0 Å². The lowest BCUT2D eigenvalue weighted by Gasteiger charge is -1.86. The fraction of sp³-hybridized carbons (Fsp3) is 1.00.